The van der Waals surface area contributed by atoms with Gasteiger partial charge in [-0.05, 0) is 11.1 Å². The molecular weight excluding hydrogens is 328 g/mol. The fraction of sp³-hybridized carbons (Fsp3) is 0.150. The van der Waals surface area contributed by atoms with Gasteiger partial charge in [0.05, 0.1) is 26.0 Å². The number of hydrogen-bond donors (Lipinski definition) is 1. The number of aromatic nitrogens is 2. The van der Waals surface area contributed by atoms with Gasteiger partial charge in [0.25, 0.3) is 11.8 Å². The Kier molecular flexibility index (Phi) is 4.23. The van der Waals surface area contributed by atoms with Crippen LogP contribution in [0.2, 0.25) is 0 Å². The number of ether oxygens (including phenoxy) is 2. The standard InChI is InChI=1S/C20H18N4O2/c1-25-19-17-18(20(26-2)24-23-19)22-16(14-11-7-4-8-12-14)15(21-17)13-9-5-3-6-10-13/h3-12,15,21H,1-2H3. The van der Waals surface area contributed by atoms with Crippen molar-refractivity contribution in [2.24, 2.45) is 4.99 Å². The molecule has 130 valence electrons. The van der Waals surface area contributed by atoms with Crippen molar-refractivity contribution < 1.29 is 9.47 Å². The van der Waals surface area contributed by atoms with Crippen LogP contribution in [0.3, 0.4) is 0 Å². The summed E-state index contributed by atoms with van der Waals surface area (Å²) >= 11 is 0. The Morgan fingerprint density at radius 2 is 1.42 bits per heavy atom. The maximum absolute atomic E-state index is 5.38. The zero-order valence-corrected chi connectivity index (χ0v) is 14.5. The second kappa shape index (κ2) is 6.84. The lowest BCUT2D eigenvalue weighted by Crippen LogP contribution is -2.25. The van der Waals surface area contributed by atoms with Crippen molar-refractivity contribution in [3.8, 4) is 11.8 Å². The molecule has 1 unspecified atom stereocenters. The lowest BCUT2D eigenvalue weighted by molar-refractivity contribution is 0.370. The van der Waals surface area contributed by atoms with Gasteiger partial charge in [0, 0.05) is 0 Å². The Bertz CT molecular complexity index is 943. The second-order valence-corrected chi connectivity index (χ2v) is 5.79. The highest BCUT2D eigenvalue weighted by Crippen LogP contribution is 2.45. The van der Waals surface area contributed by atoms with E-state index in [1.54, 1.807) is 14.2 Å². The van der Waals surface area contributed by atoms with E-state index in [2.05, 4.69) is 27.6 Å². The molecule has 0 aliphatic carbocycles. The van der Waals surface area contributed by atoms with Gasteiger partial charge in [-0.2, -0.15) is 0 Å². The monoisotopic (exact) mass is 346 g/mol. The number of fused-ring (bicyclic) bond motifs is 1. The minimum atomic E-state index is -0.145. The van der Waals surface area contributed by atoms with Crippen molar-refractivity contribution in [3.63, 3.8) is 0 Å². The van der Waals surface area contributed by atoms with Crippen LogP contribution in [0.4, 0.5) is 11.4 Å². The SMILES string of the molecule is COc1nnc(OC)c2c1N=C(c1ccccc1)C(c1ccccc1)N2. The minimum absolute atomic E-state index is 0.145. The third-order valence-electron chi connectivity index (χ3n) is 4.27. The van der Waals surface area contributed by atoms with E-state index in [1.807, 2.05) is 48.5 Å². The van der Waals surface area contributed by atoms with Crippen LogP contribution in [0.15, 0.2) is 65.7 Å². The summed E-state index contributed by atoms with van der Waals surface area (Å²) in [5, 5.41) is 11.7. The molecular formula is C20H18N4O2. The second-order valence-electron chi connectivity index (χ2n) is 5.79. The van der Waals surface area contributed by atoms with E-state index in [1.165, 1.54) is 0 Å². The van der Waals surface area contributed by atoms with Gasteiger partial charge in [-0.1, -0.05) is 60.7 Å². The van der Waals surface area contributed by atoms with Crippen molar-refractivity contribution in [3.05, 3.63) is 71.8 Å². The van der Waals surface area contributed by atoms with Crippen LogP contribution < -0.4 is 14.8 Å². The normalized spacial score (nSPS) is 15.5. The molecule has 3 aromatic rings. The van der Waals surface area contributed by atoms with Crippen LogP contribution in [0.5, 0.6) is 11.8 Å². The zero-order chi connectivity index (χ0) is 17.9. The highest BCUT2D eigenvalue weighted by molar-refractivity contribution is 6.10. The average molecular weight is 346 g/mol. The van der Waals surface area contributed by atoms with Crippen molar-refractivity contribution in [1.82, 2.24) is 10.2 Å². The molecule has 4 rings (SSSR count). The molecule has 0 saturated heterocycles. The van der Waals surface area contributed by atoms with Crippen molar-refractivity contribution in [2.75, 3.05) is 19.5 Å². The van der Waals surface area contributed by atoms with Crippen molar-refractivity contribution in [1.29, 1.82) is 0 Å². The van der Waals surface area contributed by atoms with Crippen LogP contribution >= 0.6 is 0 Å². The molecule has 2 heterocycles. The van der Waals surface area contributed by atoms with E-state index in [0.29, 0.717) is 23.1 Å². The van der Waals surface area contributed by atoms with Gasteiger partial charge in [-0.15, -0.1) is 10.2 Å². The number of nitrogens with zero attached hydrogens (tertiary/aromatic N) is 3. The predicted octanol–water partition coefficient (Wildman–Crippen LogP) is 3.78. The summed E-state index contributed by atoms with van der Waals surface area (Å²) in [5.41, 5.74) is 4.27. The fourth-order valence-electron chi connectivity index (χ4n) is 3.04. The molecule has 1 aliphatic heterocycles. The molecule has 6 heteroatoms. The Morgan fingerprint density at radius 3 is 2.08 bits per heavy atom. The van der Waals surface area contributed by atoms with Gasteiger partial charge in [0.1, 0.15) is 5.69 Å². The number of anilines is 1. The quantitative estimate of drug-likeness (QED) is 0.778. The van der Waals surface area contributed by atoms with Gasteiger partial charge < -0.3 is 14.8 Å². The van der Waals surface area contributed by atoms with Crippen LogP contribution in [0.25, 0.3) is 0 Å². The van der Waals surface area contributed by atoms with Crippen LogP contribution in [0.1, 0.15) is 17.2 Å². The smallest absolute Gasteiger partial charge is 0.261 e. The number of benzene rings is 2. The fourth-order valence-corrected chi connectivity index (χ4v) is 3.04. The summed E-state index contributed by atoms with van der Waals surface area (Å²) in [4.78, 5) is 4.90. The zero-order valence-electron chi connectivity index (χ0n) is 14.5. The topological polar surface area (TPSA) is 68.6 Å². The predicted molar refractivity (Wildman–Crippen MR) is 101 cm³/mol. The number of aliphatic imine (C=N–C) groups is 1. The first kappa shape index (κ1) is 16.1. The van der Waals surface area contributed by atoms with Gasteiger partial charge in [-0.3, -0.25) is 0 Å². The van der Waals surface area contributed by atoms with E-state index in [-0.39, 0.29) is 6.04 Å². The van der Waals surface area contributed by atoms with E-state index in [4.69, 9.17) is 14.5 Å². The summed E-state index contributed by atoms with van der Waals surface area (Å²) in [6, 6.07) is 20.1. The maximum Gasteiger partial charge on any atom is 0.261 e. The van der Waals surface area contributed by atoms with Crippen LogP contribution in [-0.2, 0) is 0 Å². The number of hydrogen-bond acceptors (Lipinski definition) is 6. The summed E-state index contributed by atoms with van der Waals surface area (Å²) in [6.45, 7) is 0. The first-order valence-corrected chi connectivity index (χ1v) is 8.26. The van der Waals surface area contributed by atoms with E-state index in [0.717, 1.165) is 16.8 Å². The lowest BCUT2D eigenvalue weighted by Gasteiger charge is -2.28. The van der Waals surface area contributed by atoms with Gasteiger partial charge >= 0.3 is 0 Å². The number of methoxy groups -OCH3 is 2. The summed E-state index contributed by atoms with van der Waals surface area (Å²) in [5.74, 6) is 0.742. The Hall–Kier alpha value is -3.41. The Balaban J connectivity index is 1.94. The lowest BCUT2D eigenvalue weighted by atomic mass is 9.94. The van der Waals surface area contributed by atoms with Crippen LogP contribution in [0, 0.1) is 0 Å². The molecule has 0 radical (unpaired) electrons. The van der Waals surface area contributed by atoms with E-state index < -0.39 is 0 Å². The van der Waals surface area contributed by atoms with Gasteiger partial charge in [-0.25, -0.2) is 4.99 Å². The molecule has 1 N–H and O–H groups in total. The highest BCUT2D eigenvalue weighted by Gasteiger charge is 2.30. The molecule has 26 heavy (non-hydrogen) atoms. The van der Waals surface area contributed by atoms with Gasteiger partial charge in [0.15, 0.2) is 5.69 Å². The first-order chi connectivity index (χ1) is 12.8. The molecule has 0 amide bonds. The van der Waals surface area contributed by atoms with Crippen molar-refractivity contribution >= 4 is 17.1 Å². The van der Waals surface area contributed by atoms with E-state index >= 15 is 0 Å². The summed E-state index contributed by atoms with van der Waals surface area (Å²) in [6.07, 6.45) is 0. The third kappa shape index (κ3) is 2.75. The van der Waals surface area contributed by atoms with E-state index in [9.17, 15) is 0 Å². The minimum Gasteiger partial charge on any atom is -0.478 e. The number of rotatable bonds is 4. The molecule has 0 fully saturated rings. The summed E-state index contributed by atoms with van der Waals surface area (Å²) < 4.78 is 10.7. The molecule has 0 spiro atoms. The maximum atomic E-state index is 5.38. The average Bonchev–Trinajstić information content (AvgIpc) is 2.73. The molecule has 6 nitrogen and oxygen atoms in total. The molecule has 1 aromatic heterocycles. The number of nitrogens with one attached hydrogen (secondary N) is 1. The third-order valence-corrected chi connectivity index (χ3v) is 4.27. The first-order valence-electron chi connectivity index (χ1n) is 8.26. The largest absolute Gasteiger partial charge is 0.478 e. The van der Waals surface area contributed by atoms with Crippen molar-refractivity contribution in [2.45, 2.75) is 6.04 Å². The van der Waals surface area contributed by atoms with Gasteiger partial charge in [0.2, 0.25) is 0 Å². The molecule has 1 aliphatic rings. The Morgan fingerprint density at radius 1 is 0.808 bits per heavy atom. The molecule has 2 aromatic carbocycles. The molecule has 0 saturated carbocycles. The Labute approximate surface area is 151 Å². The molecule has 0 bridgehead atoms. The summed E-state index contributed by atoms with van der Waals surface area (Å²) in [7, 11) is 3.12. The van der Waals surface area contributed by atoms with Crippen LogP contribution in [-0.4, -0.2) is 30.1 Å². The molecule has 1 atom stereocenters. The highest BCUT2D eigenvalue weighted by atomic mass is 16.5.